The van der Waals surface area contributed by atoms with Crippen LogP contribution in [0.2, 0.25) is 5.02 Å². The number of rotatable bonds is 11. The molecule has 9 nitrogen and oxygen atoms in total. The Balaban J connectivity index is 2.14. The van der Waals surface area contributed by atoms with E-state index in [1.165, 1.54) is 38.5 Å². The van der Waals surface area contributed by atoms with Crippen LogP contribution in [0, 0.1) is 0 Å². The predicted octanol–water partition coefficient (Wildman–Crippen LogP) is 1.59. The quantitative estimate of drug-likeness (QED) is 0.457. The van der Waals surface area contributed by atoms with Crippen molar-refractivity contribution < 1.29 is 27.5 Å². The number of carbonyl (C=O) groups is 2. The van der Waals surface area contributed by atoms with Crippen LogP contribution in [0.1, 0.15) is 18.4 Å². The molecule has 2 rings (SSSR count). The summed E-state index contributed by atoms with van der Waals surface area (Å²) in [5.74, 6) is -0.229. The van der Waals surface area contributed by atoms with Crippen molar-refractivity contribution in [1.29, 1.82) is 0 Å². The van der Waals surface area contributed by atoms with E-state index in [0.29, 0.717) is 22.1 Å². The number of hydrogen-bond acceptors (Lipinski definition) is 6. The summed E-state index contributed by atoms with van der Waals surface area (Å²) in [7, 11) is -1.03. The maximum absolute atomic E-state index is 12.7. The normalized spacial score (nSPS) is 12.1. The summed E-state index contributed by atoms with van der Waals surface area (Å²) in [6.07, 6.45) is -0.266. The molecule has 4 N–H and O–H groups in total. The zero-order valence-electron chi connectivity index (χ0n) is 17.1. The van der Waals surface area contributed by atoms with Crippen molar-refractivity contribution in [2.45, 2.75) is 30.3 Å². The smallest absolute Gasteiger partial charge is 0.241 e. The van der Waals surface area contributed by atoms with Gasteiger partial charge in [-0.2, -0.15) is 4.72 Å². The molecule has 0 saturated heterocycles. The lowest BCUT2D eigenvalue weighted by Gasteiger charge is -2.18. The first-order chi connectivity index (χ1) is 14.7. The second kappa shape index (κ2) is 11.0. The SMILES string of the molecule is COc1ccc(CNC(=O)[C@@H](CCC(N)=O)NS(=O)(=O)c2ccc(Cl)cc2)cc1OC. The number of amides is 2. The van der Waals surface area contributed by atoms with Crippen LogP contribution in [0.25, 0.3) is 0 Å². The van der Waals surface area contributed by atoms with Crippen LogP contribution in [0.4, 0.5) is 0 Å². The average molecular weight is 470 g/mol. The van der Waals surface area contributed by atoms with Crippen LogP contribution in [-0.4, -0.2) is 40.5 Å². The van der Waals surface area contributed by atoms with Crippen molar-refractivity contribution in [1.82, 2.24) is 10.0 Å². The van der Waals surface area contributed by atoms with Crippen LogP contribution in [0.15, 0.2) is 47.4 Å². The molecule has 2 amide bonds. The topological polar surface area (TPSA) is 137 Å². The summed E-state index contributed by atoms with van der Waals surface area (Å²) in [6, 6.07) is 9.39. The first-order valence-corrected chi connectivity index (χ1v) is 11.1. The summed E-state index contributed by atoms with van der Waals surface area (Å²) in [6.45, 7) is 0.106. The molecule has 11 heteroatoms. The third kappa shape index (κ3) is 7.12. The van der Waals surface area contributed by atoms with E-state index in [9.17, 15) is 18.0 Å². The van der Waals surface area contributed by atoms with E-state index in [-0.39, 0.29) is 24.3 Å². The van der Waals surface area contributed by atoms with Crippen molar-refractivity contribution in [2.24, 2.45) is 5.73 Å². The van der Waals surface area contributed by atoms with Gasteiger partial charge in [-0.1, -0.05) is 17.7 Å². The first kappa shape index (κ1) is 24.4. The van der Waals surface area contributed by atoms with E-state index in [0.717, 1.165) is 0 Å². The Hall–Kier alpha value is -2.82. The molecular weight excluding hydrogens is 446 g/mol. The van der Waals surface area contributed by atoms with E-state index < -0.39 is 27.9 Å². The number of nitrogens with one attached hydrogen (secondary N) is 2. The van der Waals surface area contributed by atoms with Crippen molar-refractivity contribution in [3.63, 3.8) is 0 Å². The Labute approximate surface area is 185 Å². The molecule has 0 aliphatic carbocycles. The summed E-state index contributed by atoms with van der Waals surface area (Å²) in [5, 5.41) is 3.03. The van der Waals surface area contributed by atoms with E-state index in [4.69, 9.17) is 26.8 Å². The third-order valence-corrected chi connectivity index (χ3v) is 6.07. The fourth-order valence-corrected chi connectivity index (χ4v) is 4.06. The molecule has 168 valence electrons. The molecule has 0 heterocycles. The number of benzene rings is 2. The van der Waals surface area contributed by atoms with Gasteiger partial charge in [-0.05, 0) is 48.4 Å². The standard InChI is InChI=1S/C20H24ClN3O6S/c1-29-17-9-3-13(11-18(17)30-2)12-23-20(26)16(8-10-19(22)25)24-31(27,28)15-6-4-14(21)5-7-15/h3-7,9,11,16,24H,8,10,12H2,1-2H3,(H2,22,25)(H,23,26)/t16-/m1/s1. The van der Waals surface area contributed by atoms with Gasteiger partial charge in [-0.25, -0.2) is 8.42 Å². The molecule has 0 aromatic heterocycles. The molecule has 0 aliphatic heterocycles. The van der Waals surface area contributed by atoms with E-state index in [1.54, 1.807) is 18.2 Å². The molecule has 1 atom stereocenters. The number of methoxy groups -OCH3 is 2. The van der Waals surface area contributed by atoms with Crippen molar-refractivity contribution in [3.05, 3.63) is 53.1 Å². The van der Waals surface area contributed by atoms with Crippen LogP contribution in [0.3, 0.4) is 0 Å². The molecule has 0 spiro atoms. The minimum absolute atomic E-state index is 0.0614. The van der Waals surface area contributed by atoms with E-state index >= 15 is 0 Å². The lowest BCUT2D eigenvalue weighted by Crippen LogP contribution is -2.46. The molecule has 0 fully saturated rings. The lowest BCUT2D eigenvalue weighted by atomic mass is 10.1. The Kier molecular flexibility index (Phi) is 8.66. The Bertz CT molecular complexity index is 1030. The number of halogens is 1. The average Bonchev–Trinajstić information content (AvgIpc) is 2.74. The fourth-order valence-electron chi connectivity index (χ4n) is 2.70. The minimum atomic E-state index is -4.03. The second-order valence-corrected chi connectivity index (χ2v) is 8.69. The number of ether oxygens (including phenoxy) is 2. The van der Waals surface area contributed by atoms with Crippen molar-refractivity contribution in [2.75, 3.05) is 14.2 Å². The highest BCUT2D eigenvalue weighted by Gasteiger charge is 2.26. The fraction of sp³-hybridized carbons (Fsp3) is 0.300. The minimum Gasteiger partial charge on any atom is -0.493 e. The number of carbonyl (C=O) groups excluding carboxylic acids is 2. The van der Waals surface area contributed by atoms with Crippen molar-refractivity contribution in [3.8, 4) is 11.5 Å². The molecule has 0 bridgehead atoms. The zero-order chi connectivity index (χ0) is 23.0. The second-order valence-electron chi connectivity index (χ2n) is 6.54. The molecule has 31 heavy (non-hydrogen) atoms. The maximum Gasteiger partial charge on any atom is 0.241 e. The maximum atomic E-state index is 12.7. The Morgan fingerprint density at radius 1 is 1.06 bits per heavy atom. The highest BCUT2D eigenvalue weighted by Crippen LogP contribution is 2.27. The summed E-state index contributed by atoms with van der Waals surface area (Å²) >= 11 is 5.80. The molecule has 0 aliphatic rings. The third-order valence-electron chi connectivity index (χ3n) is 4.33. The lowest BCUT2D eigenvalue weighted by molar-refractivity contribution is -0.123. The number of sulfonamides is 1. The van der Waals surface area contributed by atoms with Gasteiger partial charge in [0, 0.05) is 18.0 Å². The summed E-state index contributed by atoms with van der Waals surface area (Å²) < 4.78 is 38.0. The van der Waals surface area contributed by atoms with Gasteiger partial charge < -0.3 is 20.5 Å². The zero-order valence-corrected chi connectivity index (χ0v) is 18.6. The molecule has 0 saturated carbocycles. The molecular formula is C20H24ClN3O6S. The Morgan fingerprint density at radius 3 is 2.29 bits per heavy atom. The molecule has 0 radical (unpaired) electrons. The summed E-state index contributed by atoms with van der Waals surface area (Å²) in [5.41, 5.74) is 5.88. The van der Waals surface area contributed by atoms with Crippen molar-refractivity contribution >= 4 is 33.4 Å². The van der Waals surface area contributed by atoms with Crippen LogP contribution < -0.4 is 25.2 Å². The predicted molar refractivity (Wildman–Crippen MR) is 115 cm³/mol. The van der Waals surface area contributed by atoms with E-state index in [1.807, 2.05) is 0 Å². The number of nitrogens with two attached hydrogens (primary N) is 1. The number of hydrogen-bond donors (Lipinski definition) is 3. The van der Waals surface area contributed by atoms with Crippen LogP contribution >= 0.6 is 11.6 Å². The van der Waals surface area contributed by atoms with Gasteiger partial charge in [-0.15, -0.1) is 0 Å². The largest absolute Gasteiger partial charge is 0.493 e. The van der Waals surface area contributed by atoms with Gasteiger partial charge in [0.2, 0.25) is 21.8 Å². The van der Waals surface area contributed by atoms with Gasteiger partial charge in [0.1, 0.15) is 6.04 Å². The molecule has 2 aromatic rings. The van der Waals surface area contributed by atoms with Crippen LogP contribution in [0.5, 0.6) is 11.5 Å². The van der Waals surface area contributed by atoms with Gasteiger partial charge in [0.15, 0.2) is 11.5 Å². The van der Waals surface area contributed by atoms with Gasteiger partial charge in [0.05, 0.1) is 19.1 Å². The van der Waals surface area contributed by atoms with Gasteiger partial charge >= 0.3 is 0 Å². The highest BCUT2D eigenvalue weighted by molar-refractivity contribution is 7.89. The summed E-state index contributed by atoms with van der Waals surface area (Å²) in [4.78, 5) is 23.8. The molecule has 0 unspecified atom stereocenters. The van der Waals surface area contributed by atoms with Gasteiger partial charge in [-0.3, -0.25) is 9.59 Å². The first-order valence-electron chi connectivity index (χ1n) is 9.21. The highest BCUT2D eigenvalue weighted by atomic mass is 35.5. The monoisotopic (exact) mass is 469 g/mol. The van der Waals surface area contributed by atoms with E-state index in [2.05, 4.69) is 10.0 Å². The van der Waals surface area contributed by atoms with Crippen LogP contribution in [-0.2, 0) is 26.2 Å². The van der Waals surface area contributed by atoms with Gasteiger partial charge in [0.25, 0.3) is 0 Å². The Morgan fingerprint density at radius 2 is 1.71 bits per heavy atom. The molecule has 2 aromatic carbocycles. The number of primary amides is 1.